The van der Waals surface area contributed by atoms with Gasteiger partial charge in [-0.2, -0.15) is 0 Å². The summed E-state index contributed by atoms with van der Waals surface area (Å²) >= 11 is 0. The molecule has 2 aliphatic heterocycles. The first-order valence-corrected chi connectivity index (χ1v) is 7.07. The number of ketones is 2. The zero-order valence-corrected chi connectivity index (χ0v) is 11.5. The molecule has 2 bridgehead atoms. The van der Waals surface area contributed by atoms with Crippen molar-refractivity contribution in [2.45, 2.75) is 44.0 Å². The molecular formula is C16H14O5. The maximum Gasteiger partial charge on any atom is 0.342 e. The molecule has 0 spiro atoms. The third-order valence-corrected chi connectivity index (χ3v) is 4.62. The first-order valence-electron chi connectivity index (χ1n) is 7.07. The molecule has 0 amide bonds. The predicted molar refractivity (Wildman–Crippen MR) is 71.3 cm³/mol. The van der Waals surface area contributed by atoms with Gasteiger partial charge in [-0.25, -0.2) is 4.79 Å². The topological polar surface area (TPSA) is 73.0 Å². The van der Waals surface area contributed by atoms with Crippen molar-refractivity contribution < 1.29 is 23.9 Å². The Morgan fingerprint density at radius 3 is 2.71 bits per heavy atom. The highest BCUT2D eigenvalue weighted by molar-refractivity contribution is 6.21. The summed E-state index contributed by atoms with van der Waals surface area (Å²) in [5.74, 6) is -0.860. The number of ether oxygens (including phenoxy) is 2. The van der Waals surface area contributed by atoms with Gasteiger partial charge in [0, 0.05) is 5.57 Å². The Morgan fingerprint density at radius 2 is 1.95 bits per heavy atom. The molecule has 2 heterocycles. The lowest BCUT2D eigenvalue weighted by Crippen LogP contribution is -2.29. The Morgan fingerprint density at radius 1 is 1.19 bits per heavy atom. The van der Waals surface area contributed by atoms with E-state index in [4.69, 9.17) is 9.47 Å². The average molecular weight is 286 g/mol. The standard InChI is InChI=1S/C16H14O5/c1-8-3-2-6-16-14(21-16)13(20-15(16)19)12-9(7-8)10(17)4-5-11(12)18/h3-5,13-14H,2,6-7H2,1H3/b8-3-/t13-,14-,16-/m0/s1. The van der Waals surface area contributed by atoms with Crippen LogP contribution in [0.15, 0.2) is 34.9 Å². The van der Waals surface area contributed by atoms with Crippen molar-refractivity contribution in [1.82, 2.24) is 0 Å². The van der Waals surface area contributed by atoms with E-state index in [0.29, 0.717) is 30.4 Å². The van der Waals surface area contributed by atoms with Crippen LogP contribution < -0.4 is 0 Å². The lowest BCUT2D eigenvalue weighted by Gasteiger charge is -2.20. The lowest BCUT2D eigenvalue weighted by molar-refractivity contribution is -0.152. The van der Waals surface area contributed by atoms with Gasteiger partial charge in [-0.3, -0.25) is 9.59 Å². The van der Waals surface area contributed by atoms with Crippen molar-refractivity contribution in [3.63, 3.8) is 0 Å². The Balaban J connectivity index is 1.87. The largest absolute Gasteiger partial charge is 0.452 e. The summed E-state index contributed by atoms with van der Waals surface area (Å²) in [6.07, 6.45) is 5.05. The van der Waals surface area contributed by atoms with Crippen LogP contribution in [-0.2, 0) is 23.9 Å². The number of epoxide rings is 1. The molecule has 0 radical (unpaired) electrons. The van der Waals surface area contributed by atoms with Gasteiger partial charge in [-0.05, 0) is 38.3 Å². The maximum absolute atomic E-state index is 12.2. The minimum absolute atomic E-state index is 0.188. The van der Waals surface area contributed by atoms with Crippen LogP contribution in [0, 0.1) is 0 Å². The van der Waals surface area contributed by atoms with Gasteiger partial charge >= 0.3 is 5.97 Å². The number of hydrogen-bond donors (Lipinski definition) is 0. The van der Waals surface area contributed by atoms with Crippen LogP contribution in [0.2, 0.25) is 0 Å². The molecular weight excluding hydrogens is 272 g/mol. The molecule has 2 fully saturated rings. The van der Waals surface area contributed by atoms with Crippen molar-refractivity contribution in [3.8, 4) is 0 Å². The molecule has 21 heavy (non-hydrogen) atoms. The summed E-state index contributed by atoms with van der Waals surface area (Å²) in [4.78, 5) is 36.5. The second kappa shape index (κ2) is 4.01. The summed E-state index contributed by atoms with van der Waals surface area (Å²) in [5, 5.41) is 0. The zero-order valence-electron chi connectivity index (χ0n) is 11.5. The van der Waals surface area contributed by atoms with E-state index in [1.165, 1.54) is 12.2 Å². The Hall–Kier alpha value is -2.01. The highest BCUT2D eigenvalue weighted by Gasteiger charge is 2.73. The molecule has 0 unspecified atom stereocenters. The van der Waals surface area contributed by atoms with E-state index in [-0.39, 0.29) is 11.6 Å². The SMILES string of the molecule is C/C1=C/CC[C@]23O[C@H]2[C@@H](OC3=O)C2=C(C1)C(=O)C=CC2=O. The molecule has 0 N–H and O–H groups in total. The summed E-state index contributed by atoms with van der Waals surface area (Å²) in [6, 6.07) is 0. The number of carbonyl (C=O) groups is 3. The van der Waals surface area contributed by atoms with E-state index >= 15 is 0 Å². The van der Waals surface area contributed by atoms with Gasteiger partial charge in [0.2, 0.25) is 0 Å². The van der Waals surface area contributed by atoms with Crippen LogP contribution in [0.4, 0.5) is 0 Å². The molecule has 2 aliphatic carbocycles. The molecule has 0 aromatic carbocycles. The number of rotatable bonds is 0. The first-order chi connectivity index (χ1) is 10.0. The normalized spacial score (nSPS) is 40.2. The molecule has 5 heteroatoms. The molecule has 108 valence electrons. The molecule has 0 aromatic rings. The van der Waals surface area contributed by atoms with E-state index < -0.39 is 23.8 Å². The van der Waals surface area contributed by atoms with Crippen molar-refractivity contribution >= 4 is 17.5 Å². The van der Waals surface area contributed by atoms with Crippen molar-refractivity contribution in [2.24, 2.45) is 0 Å². The van der Waals surface area contributed by atoms with Gasteiger partial charge in [-0.1, -0.05) is 11.6 Å². The summed E-state index contributed by atoms with van der Waals surface area (Å²) in [6.45, 7) is 1.93. The fourth-order valence-electron chi connectivity index (χ4n) is 3.46. The first kappa shape index (κ1) is 12.7. The van der Waals surface area contributed by atoms with Crippen LogP contribution in [0.1, 0.15) is 26.2 Å². The fourth-order valence-corrected chi connectivity index (χ4v) is 3.46. The van der Waals surface area contributed by atoms with E-state index in [9.17, 15) is 14.4 Å². The Kier molecular flexibility index (Phi) is 2.43. The van der Waals surface area contributed by atoms with Gasteiger partial charge < -0.3 is 9.47 Å². The number of fused-ring (bicyclic) bond motifs is 1. The lowest BCUT2D eigenvalue weighted by atomic mass is 9.84. The monoisotopic (exact) mass is 286 g/mol. The highest BCUT2D eigenvalue weighted by Crippen LogP contribution is 2.53. The summed E-state index contributed by atoms with van der Waals surface area (Å²) in [5.41, 5.74) is 0.847. The van der Waals surface area contributed by atoms with E-state index in [0.717, 1.165) is 5.57 Å². The molecule has 4 rings (SSSR count). The average Bonchev–Trinajstić information content (AvgIpc) is 3.11. The minimum atomic E-state index is -0.901. The Labute approximate surface area is 121 Å². The van der Waals surface area contributed by atoms with Gasteiger partial charge in [0.15, 0.2) is 23.3 Å². The molecule has 0 aromatic heterocycles. The van der Waals surface area contributed by atoms with Gasteiger partial charge in [0.25, 0.3) is 0 Å². The van der Waals surface area contributed by atoms with Crippen LogP contribution in [0.3, 0.4) is 0 Å². The third-order valence-electron chi connectivity index (χ3n) is 4.62. The minimum Gasteiger partial charge on any atom is -0.452 e. The van der Waals surface area contributed by atoms with Crippen LogP contribution in [-0.4, -0.2) is 35.3 Å². The number of allylic oxidation sites excluding steroid dienone is 5. The number of esters is 1. The molecule has 2 saturated heterocycles. The molecule has 4 aliphatic rings. The zero-order chi connectivity index (χ0) is 14.8. The fraction of sp³-hybridized carbons (Fsp3) is 0.438. The van der Waals surface area contributed by atoms with Crippen LogP contribution >= 0.6 is 0 Å². The van der Waals surface area contributed by atoms with Crippen molar-refractivity contribution in [1.29, 1.82) is 0 Å². The Bertz CT molecular complexity index is 681. The number of carbonyl (C=O) groups excluding carboxylic acids is 3. The van der Waals surface area contributed by atoms with E-state index in [1.807, 2.05) is 13.0 Å². The molecule has 0 saturated carbocycles. The second-order valence-corrected chi connectivity index (χ2v) is 5.97. The maximum atomic E-state index is 12.2. The van der Waals surface area contributed by atoms with Gasteiger partial charge in [0.05, 0.1) is 5.57 Å². The third kappa shape index (κ3) is 1.64. The highest BCUT2D eigenvalue weighted by atomic mass is 16.7. The van der Waals surface area contributed by atoms with Crippen LogP contribution in [0.25, 0.3) is 0 Å². The quantitative estimate of drug-likeness (QED) is 0.289. The van der Waals surface area contributed by atoms with E-state index in [1.54, 1.807) is 0 Å². The van der Waals surface area contributed by atoms with Crippen molar-refractivity contribution in [2.75, 3.05) is 0 Å². The van der Waals surface area contributed by atoms with Gasteiger partial charge in [0.1, 0.15) is 6.10 Å². The van der Waals surface area contributed by atoms with Crippen LogP contribution in [0.5, 0.6) is 0 Å². The van der Waals surface area contributed by atoms with Gasteiger partial charge in [-0.15, -0.1) is 0 Å². The second-order valence-electron chi connectivity index (χ2n) is 5.97. The molecule has 3 atom stereocenters. The smallest absolute Gasteiger partial charge is 0.342 e. The predicted octanol–water partition coefficient (Wildman–Crippen LogP) is 1.18. The summed E-state index contributed by atoms with van der Waals surface area (Å²) < 4.78 is 11.0. The number of hydrogen-bond acceptors (Lipinski definition) is 5. The van der Waals surface area contributed by atoms with Crippen molar-refractivity contribution in [3.05, 3.63) is 34.9 Å². The summed E-state index contributed by atoms with van der Waals surface area (Å²) in [7, 11) is 0. The molecule has 5 nitrogen and oxygen atoms in total. The van der Waals surface area contributed by atoms with E-state index in [2.05, 4.69) is 0 Å².